The lowest BCUT2D eigenvalue weighted by Gasteiger charge is -2.47. The highest BCUT2D eigenvalue weighted by atomic mass is 16.3. The van der Waals surface area contributed by atoms with Gasteiger partial charge in [0.2, 0.25) is 0 Å². The van der Waals surface area contributed by atoms with Gasteiger partial charge in [-0.1, -0.05) is 73.7 Å². The highest BCUT2D eigenvalue weighted by Crippen LogP contribution is 2.44. The van der Waals surface area contributed by atoms with E-state index in [1.165, 1.54) is 11.1 Å². The van der Waals surface area contributed by atoms with Gasteiger partial charge in [-0.15, -0.1) is 6.58 Å². The number of nitrogens with one attached hydrogen (secondary N) is 1. The van der Waals surface area contributed by atoms with Crippen molar-refractivity contribution in [2.24, 2.45) is 5.92 Å². The van der Waals surface area contributed by atoms with E-state index in [0.29, 0.717) is 12.8 Å². The normalized spacial score (nSPS) is 30.8. The molecule has 2 aromatic rings. The van der Waals surface area contributed by atoms with Gasteiger partial charge in [-0.3, -0.25) is 0 Å². The van der Waals surface area contributed by atoms with Crippen molar-refractivity contribution < 1.29 is 5.11 Å². The van der Waals surface area contributed by atoms with Gasteiger partial charge in [0.15, 0.2) is 0 Å². The van der Waals surface area contributed by atoms with Crippen LogP contribution >= 0.6 is 0 Å². The number of hydrogen-bond acceptors (Lipinski definition) is 2. The third kappa shape index (κ3) is 3.24. The Morgan fingerprint density at radius 3 is 2.22 bits per heavy atom. The summed E-state index contributed by atoms with van der Waals surface area (Å²) in [5.41, 5.74) is 1.71. The lowest BCUT2D eigenvalue weighted by atomic mass is 9.70. The molecule has 1 heterocycles. The Morgan fingerprint density at radius 1 is 1.09 bits per heavy atom. The summed E-state index contributed by atoms with van der Waals surface area (Å²) in [6.45, 7) is 5.98. The van der Waals surface area contributed by atoms with Crippen molar-refractivity contribution in [3.8, 4) is 0 Å². The highest BCUT2D eigenvalue weighted by Gasteiger charge is 2.45. The molecule has 2 N–H and O–H groups in total. The van der Waals surface area contributed by atoms with Crippen molar-refractivity contribution in [2.45, 2.75) is 37.5 Å². The van der Waals surface area contributed by atoms with Crippen LogP contribution in [-0.4, -0.2) is 10.7 Å². The molecule has 1 aliphatic heterocycles. The fraction of sp³-hybridized carbons (Fsp3) is 0.333. The van der Waals surface area contributed by atoms with E-state index in [4.69, 9.17) is 0 Å². The molecule has 0 aromatic heterocycles. The number of piperidine rings is 1. The maximum Gasteiger partial charge on any atom is 0.0743 e. The molecule has 4 atom stereocenters. The van der Waals surface area contributed by atoms with Crippen LogP contribution in [0.3, 0.4) is 0 Å². The number of benzene rings is 2. The summed E-state index contributed by atoms with van der Waals surface area (Å²) in [5.74, 6) is 0.114. The van der Waals surface area contributed by atoms with Gasteiger partial charge in [0.05, 0.1) is 5.60 Å². The predicted molar refractivity (Wildman–Crippen MR) is 95.0 cm³/mol. The number of hydrogen-bond donors (Lipinski definition) is 2. The summed E-state index contributed by atoms with van der Waals surface area (Å²) in [6, 6.07) is 21.1. The summed E-state index contributed by atoms with van der Waals surface area (Å²) in [6.07, 6.45) is 3.15. The summed E-state index contributed by atoms with van der Waals surface area (Å²) in [5, 5.41) is 15.0. The van der Waals surface area contributed by atoms with Crippen LogP contribution in [0.1, 0.15) is 43.0 Å². The van der Waals surface area contributed by atoms with Crippen LogP contribution in [-0.2, 0) is 0 Å². The van der Waals surface area contributed by atoms with Crippen molar-refractivity contribution in [2.75, 3.05) is 0 Å². The van der Waals surface area contributed by atoms with Crippen molar-refractivity contribution >= 4 is 0 Å². The van der Waals surface area contributed by atoms with Gasteiger partial charge < -0.3 is 10.4 Å². The molecule has 2 heteroatoms. The maximum absolute atomic E-state index is 11.3. The monoisotopic (exact) mass is 307 g/mol. The molecule has 2 aromatic carbocycles. The molecule has 0 aliphatic carbocycles. The lowest BCUT2D eigenvalue weighted by molar-refractivity contribution is -0.0654. The third-order valence-corrected chi connectivity index (χ3v) is 5.14. The van der Waals surface area contributed by atoms with Gasteiger partial charge in [-0.25, -0.2) is 0 Å². The fourth-order valence-corrected chi connectivity index (χ4v) is 3.73. The highest BCUT2D eigenvalue weighted by molar-refractivity contribution is 5.26. The summed E-state index contributed by atoms with van der Waals surface area (Å²) in [7, 11) is 0. The van der Waals surface area contributed by atoms with Crippen LogP contribution in [0.4, 0.5) is 0 Å². The van der Waals surface area contributed by atoms with Crippen LogP contribution in [0.15, 0.2) is 73.3 Å². The quantitative estimate of drug-likeness (QED) is 0.820. The molecule has 3 rings (SSSR count). The molecule has 1 aliphatic rings. The average Bonchev–Trinajstić information content (AvgIpc) is 2.59. The SMILES string of the molecule is C=CC[C@]1(O)C[C@H](c2ccccc2)N[C@H](c2ccccc2)[C@@H]1C. The molecule has 0 spiro atoms. The van der Waals surface area contributed by atoms with Gasteiger partial charge >= 0.3 is 0 Å². The Morgan fingerprint density at radius 2 is 1.65 bits per heavy atom. The van der Waals surface area contributed by atoms with Gasteiger partial charge in [0.1, 0.15) is 0 Å². The first-order chi connectivity index (χ1) is 11.1. The van der Waals surface area contributed by atoms with E-state index < -0.39 is 5.60 Å². The van der Waals surface area contributed by atoms with E-state index in [-0.39, 0.29) is 18.0 Å². The van der Waals surface area contributed by atoms with Crippen LogP contribution in [0.5, 0.6) is 0 Å². The summed E-state index contributed by atoms with van der Waals surface area (Å²) < 4.78 is 0. The zero-order chi connectivity index (χ0) is 16.3. The van der Waals surface area contributed by atoms with Crippen LogP contribution in [0.2, 0.25) is 0 Å². The second-order valence-corrected chi connectivity index (χ2v) is 6.61. The lowest BCUT2D eigenvalue weighted by Crippen LogP contribution is -2.51. The van der Waals surface area contributed by atoms with Gasteiger partial charge in [-0.2, -0.15) is 0 Å². The van der Waals surface area contributed by atoms with Crippen LogP contribution in [0, 0.1) is 5.92 Å². The molecule has 23 heavy (non-hydrogen) atoms. The Kier molecular flexibility index (Phi) is 4.65. The molecule has 2 nitrogen and oxygen atoms in total. The molecule has 0 unspecified atom stereocenters. The summed E-state index contributed by atoms with van der Waals surface area (Å²) >= 11 is 0. The molecule has 0 amide bonds. The van der Waals surface area contributed by atoms with Crippen molar-refractivity contribution in [1.29, 1.82) is 0 Å². The Balaban J connectivity index is 1.97. The second kappa shape index (κ2) is 6.69. The molecule has 1 saturated heterocycles. The largest absolute Gasteiger partial charge is 0.389 e. The standard InChI is InChI=1S/C21H25NO/c1-3-14-21(23)15-19(17-10-6-4-7-11-17)22-20(16(21)2)18-12-8-5-9-13-18/h3-13,16,19-20,22-23H,1,14-15H2,2H3/t16-,19+,20-,21-/m0/s1. The van der Waals surface area contributed by atoms with Gasteiger partial charge in [0.25, 0.3) is 0 Å². The van der Waals surface area contributed by atoms with E-state index in [1.54, 1.807) is 0 Å². The Hall–Kier alpha value is -1.90. The van der Waals surface area contributed by atoms with Gasteiger partial charge in [-0.05, 0) is 24.0 Å². The average molecular weight is 307 g/mol. The Labute approximate surface area is 138 Å². The number of aliphatic hydroxyl groups is 1. The molecular weight excluding hydrogens is 282 g/mol. The zero-order valence-corrected chi connectivity index (χ0v) is 13.7. The smallest absolute Gasteiger partial charge is 0.0743 e. The molecule has 0 bridgehead atoms. The van der Waals surface area contributed by atoms with Crippen LogP contribution in [0.25, 0.3) is 0 Å². The van der Waals surface area contributed by atoms with Crippen LogP contribution < -0.4 is 5.32 Å². The minimum Gasteiger partial charge on any atom is -0.389 e. The number of rotatable bonds is 4. The van der Waals surface area contributed by atoms with Crippen molar-refractivity contribution in [3.05, 3.63) is 84.4 Å². The first-order valence-electron chi connectivity index (χ1n) is 8.33. The topological polar surface area (TPSA) is 32.3 Å². The van der Waals surface area contributed by atoms with E-state index >= 15 is 0 Å². The molecule has 120 valence electrons. The van der Waals surface area contributed by atoms with E-state index in [1.807, 2.05) is 18.2 Å². The van der Waals surface area contributed by atoms with Gasteiger partial charge in [0, 0.05) is 18.0 Å². The maximum atomic E-state index is 11.3. The zero-order valence-electron chi connectivity index (χ0n) is 13.7. The summed E-state index contributed by atoms with van der Waals surface area (Å²) in [4.78, 5) is 0. The first-order valence-corrected chi connectivity index (χ1v) is 8.33. The van der Waals surface area contributed by atoms with E-state index in [0.717, 1.165) is 0 Å². The third-order valence-electron chi connectivity index (χ3n) is 5.14. The second-order valence-electron chi connectivity index (χ2n) is 6.61. The minimum atomic E-state index is -0.742. The molecule has 0 radical (unpaired) electrons. The molecular formula is C21H25NO. The fourth-order valence-electron chi connectivity index (χ4n) is 3.73. The van der Waals surface area contributed by atoms with Crippen molar-refractivity contribution in [3.63, 3.8) is 0 Å². The minimum absolute atomic E-state index is 0.114. The van der Waals surface area contributed by atoms with E-state index in [2.05, 4.69) is 67.4 Å². The van der Waals surface area contributed by atoms with E-state index in [9.17, 15) is 5.11 Å². The molecule has 1 fully saturated rings. The van der Waals surface area contributed by atoms with Crippen molar-refractivity contribution in [1.82, 2.24) is 5.32 Å². The first kappa shape index (κ1) is 16.0. The molecule has 0 saturated carbocycles. The Bertz CT molecular complexity index is 639. The predicted octanol–water partition coefficient (Wildman–Crippen LogP) is 4.41.